The molecule has 1 aromatic carbocycles. The first kappa shape index (κ1) is 21.3. The number of halogens is 1. The molecule has 152 valence electrons. The largest absolute Gasteiger partial charge is 0.379 e. The van der Waals surface area contributed by atoms with Crippen molar-refractivity contribution in [2.45, 2.75) is 31.2 Å². The molecule has 1 unspecified atom stereocenters. The number of sulfonamides is 1. The Morgan fingerprint density at radius 1 is 1.29 bits per heavy atom. The van der Waals surface area contributed by atoms with Crippen molar-refractivity contribution in [2.75, 3.05) is 26.3 Å². The van der Waals surface area contributed by atoms with Crippen LogP contribution < -0.4 is 5.32 Å². The lowest BCUT2D eigenvalue weighted by Crippen LogP contribution is -2.41. The van der Waals surface area contributed by atoms with Gasteiger partial charge in [0.1, 0.15) is 0 Å². The Labute approximate surface area is 174 Å². The first-order valence-electron chi connectivity index (χ1n) is 9.10. The number of ether oxygens (including phenoxy) is 1. The zero-order valence-electron chi connectivity index (χ0n) is 15.8. The van der Waals surface area contributed by atoms with E-state index < -0.39 is 10.0 Å². The summed E-state index contributed by atoms with van der Waals surface area (Å²) in [5, 5.41) is 2.91. The zero-order valence-corrected chi connectivity index (χ0v) is 18.2. The molecule has 9 heteroatoms. The van der Waals surface area contributed by atoms with Crippen LogP contribution in [0.3, 0.4) is 0 Å². The van der Waals surface area contributed by atoms with Gasteiger partial charge in [0.05, 0.1) is 28.5 Å². The fraction of sp³-hybridized carbons (Fsp3) is 0.421. The molecule has 1 saturated heterocycles. The molecule has 28 heavy (non-hydrogen) atoms. The van der Waals surface area contributed by atoms with Crippen LogP contribution in [0, 0.1) is 0 Å². The SMILES string of the molecule is CCc1ccc(C(=O)NC(C)c2ccc(Cl)s2)cc1S(=O)(=O)N1CCOCC1. The lowest BCUT2D eigenvalue weighted by molar-refractivity contribution is 0.0730. The molecule has 0 bridgehead atoms. The molecule has 1 aliphatic heterocycles. The van der Waals surface area contributed by atoms with Gasteiger partial charge in [-0.1, -0.05) is 24.6 Å². The highest BCUT2D eigenvalue weighted by atomic mass is 35.5. The van der Waals surface area contributed by atoms with Crippen molar-refractivity contribution >= 4 is 38.9 Å². The normalized spacial score (nSPS) is 16.7. The van der Waals surface area contributed by atoms with Crippen LogP contribution in [0.1, 0.15) is 40.7 Å². The van der Waals surface area contributed by atoms with Crippen LogP contribution in [0.15, 0.2) is 35.2 Å². The predicted molar refractivity (Wildman–Crippen MR) is 111 cm³/mol. The molecule has 0 spiro atoms. The van der Waals surface area contributed by atoms with Crippen LogP contribution in [0.2, 0.25) is 4.34 Å². The summed E-state index contributed by atoms with van der Waals surface area (Å²) in [6.07, 6.45) is 0.560. The number of rotatable bonds is 6. The van der Waals surface area contributed by atoms with E-state index in [9.17, 15) is 13.2 Å². The number of benzene rings is 1. The molecule has 1 atom stereocenters. The second-order valence-corrected chi connectivity index (χ2v) is 10.2. The molecular weight excluding hydrogens is 420 g/mol. The molecular formula is C19H23ClN2O4S2. The predicted octanol–water partition coefficient (Wildman–Crippen LogP) is 3.48. The molecule has 1 aromatic heterocycles. The van der Waals surface area contributed by atoms with E-state index in [1.807, 2.05) is 19.9 Å². The molecule has 3 rings (SSSR count). The molecule has 6 nitrogen and oxygen atoms in total. The summed E-state index contributed by atoms with van der Waals surface area (Å²) in [6, 6.07) is 8.29. The smallest absolute Gasteiger partial charge is 0.251 e. The molecule has 1 aliphatic rings. The number of morpholine rings is 1. The molecule has 0 saturated carbocycles. The molecule has 1 N–H and O–H groups in total. The van der Waals surface area contributed by atoms with Crippen molar-refractivity contribution in [2.24, 2.45) is 0 Å². The van der Waals surface area contributed by atoms with Crippen molar-refractivity contribution in [3.8, 4) is 0 Å². The second kappa shape index (κ2) is 8.92. The van der Waals surface area contributed by atoms with E-state index in [0.717, 1.165) is 4.88 Å². The van der Waals surface area contributed by atoms with Crippen molar-refractivity contribution < 1.29 is 17.9 Å². The van der Waals surface area contributed by atoms with Gasteiger partial charge < -0.3 is 10.1 Å². The summed E-state index contributed by atoms with van der Waals surface area (Å²) < 4.78 is 33.6. The molecule has 2 heterocycles. The van der Waals surface area contributed by atoms with E-state index in [4.69, 9.17) is 16.3 Å². The summed E-state index contributed by atoms with van der Waals surface area (Å²) in [5.41, 5.74) is 1.01. The number of carbonyl (C=O) groups excluding carboxylic acids is 1. The van der Waals surface area contributed by atoms with Crippen molar-refractivity contribution in [1.82, 2.24) is 9.62 Å². The minimum absolute atomic E-state index is 0.191. The topological polar surface area (TPSA) is 75.7 Å². The zero-order chi connectivity index (χ0) is 20.3. The van der Waals surface area contributed by atoms with Gasteiger partial charge >= 0.3 is 0 Å². The Morgan fingerprint density at radius 2 is 2.00 bits per heavy atom. The summed E-state index contributed by atoms with van der Waals surface area (Å²) in [6.45, 7) is 5.15. The number of hydrogen-bond acceptors (Lipinski definition) is 5. The highest BCUT2D eigenvalue weighted by molar-refractivity contribution is 7.89. The van der Waals surface area contributed by atoms with E-state index in [2.05, 4.69) is 5.32 Å². The number of thiophene rings is 1. The van der Waals surface area contributed by atoms with Gasteiger partial charge in [0, 0.05) is 23.5 Å². The quantitative estimate of drug-likeness (QED) is 0.743. The minimum atomic E-state index is -3.68. The Hall–Kier alpha value is -1.45. The maximum absolute atomic E-state index is 13.1. The lowest BCUT2D eigenvalue weighted by Gasteiger charge is -2.27. The van der Waals surface area contributed by atoms with Gasteiger partial charge in [-0.05, 0) is 43.2 Å². The highest BCUT2D eigenvalue weighted by Gasteiger charge is 2.29. The average molecular weight is 443 g/mol. The first-order valence-corrected chi connectivity index (χ1v) is 11.7. The van der Waals surface area contributed by atoms with Crippen LogP contribution in [0.25, 0.3) is 0 Å². The Morgan fingerprint density at radius 3 is 2.61 bits per heavy atom. The van der Waals surface area contributed by atoms with Gasteiger partial charge in [0.25, 0.3) is 5.91 Å². The van der Waals surface area contributed by atoms with E-state index >= 15 is 0 Å². The standard InChI is InChI=1S/C19H23ClN2O4S2/c1-3-14-4-5-15(19(23)21-13(2)16-6-7-18(20)27-16)12-17(14)28(24,25)22-8-10-26-11-9-22/h4-7,12-13H,3,8-11H2,1-2H3,(H,21,23). The third-order valence-electron chi connectivity index (χ3n) is 4.67. The minimum Gasteiger partial charge on any atom is -0.379 e. The van der Waals surface area contributed by atoms with Crippen molar-refractivity contribution in [3.05, 3.63) is 50.7 Å². The Kier molecular flexibility index (Phi) is 6.77. The van der Waals surface area contributed by atoms with Crippen LogP contribution in [0.5, 0.6) is 0 Å². The molecule has 1 amide bonds. The third-order valence-corrected chi connectivity index (χ3v) is 8.06. The number of nitrogens with one attached hydrogen (secondary N) is 1. The number of amides is 1. The fourth-order valence-corrected chi connectivity index (χ4v) is 5.86. The van der Waals surface area contributed by atoms with Crippen LogP contribution in [0.4, 0.5) is 0 Å². The maximum atomic E-state index is 13.1. The van der Waals surface area contributed by atoms with Crippen molar-refractivity contribution in [1.29, 1.82) is 0 Å². The van der Waals surface area contributed by atoms with Crippen LogP contribution in [-0.4, -0.2) is 44.9 Å². The molecule has 2 aromatic rings. The van der Waals surface area contributed by atoms with Gasteiger partial charge in [0.2, 0.25) is 10.0 Å². The van der Waals surface area contributed by atoms with Crippen LogP contribution in [-0.2, 0) is 21.2 Å². The van der Waals surface area contributed by atoms with E-state index in [1.165, 1.54) is 21.7 Å². The second-order valence-electron chi connectivity index (χ2n) is 6.53. The fourth-order valence-electron chi connectivity index (χ4n) is 3.07. The van der Waals surface area contributed by atoms with Gasteiger partial charge in [-0.15, -0.1) is 11.3 Å². The first-order chi connectivity index (χ1) is 13.3. The van der Waals surface area contributed by atoms with Gasteiger partial charge in [0.15, 0.2) is 0 Å². The monoisotopic (exact) mass is 442 g/mol. The van der Waals surface area contributed by atoms with Crippen molar-refractivity contribution in [3.63, 3.8) is 0 Å². The van der Waals surface area contributed by atoms with E-state index in [-0.39, 0.29) is 16.8 Å². The summed E-state index contributed by atoms with van der Waals surface area (Å²) >= 11 is 7.36. The highest BCUT2D eigenvalue weighted by Crippen LogP contribution is 2.27. The number of hydrogen-bond donors (Lipinski definition) is 1. The molecule has 0 radical (unpaired) electrons. The molecule has 1 fully saturated rings. The Bertz CT molecular complexity index is 953. The molecule has 0 aliphatic carbocycles. The van der Waals surface area contributed by atoms with Crippen LogP contribution >= 0.6 is 22.9 Å². The van der Waals surface area contributed by atoms with E-state index in [1.54, 1.807) is 18.2 Å². The summed E-state index contributed by atoms with van der Waals surface area (Å²) in [5.74, 6) is -0.321. The number of aryl methyl sites for hydroxylation is 1. The van der Waals surface area contributed by atoms with E-state index in [0.29, 0.717) is 48.2 Å². The Balaban J connectivity index is 1.86. The summed E-state index contributed by atoms with van der Waals surface area (Å²) in [7, 11) is -3.68. The number of nitrogens with zero attached hydrogens (tertiary/aromatic N) is 1. The maximum Gasteiger partial charge on any atom is 0.251 e. The van der Waals surface area contributed by atoms with Gasteiger partial charge in [-0.2, -0.15) is 4.31 Å². The lowest BCUT2D eigenvalue weighted by atomic mass is 10.1. The van der Waals surface area contributed by atoms with Gasteiger partial charge in [-0.25, -0.2) is 8.42 Å². The summed E-state index contributed by atoms with van der Waals surface area (Å²) in [4.78, 5) is 13.8. The average Bonchev–Trinajstić information content (AvgIpc) is 3.14. The third kappa shape index (κ3) is 4.58. The van der Waals surface area contributed by atoms with Gasteiger partial charge in [-0.3, -0.25) is 4.79 Å². The number of carbonyl (C=O) groups is 1.